The number of H-pyrrole nitrogens is 2. The molecule has 1 aliphatic heterocycles. The van der Waals surface area contributed by atoms with Gasteiger partial charge in [-0.1, -0.05) is 19.3 Å². The highest BCUT2D eigenvalue weighted by molar-refractivity contribution is 6.03. The quantitative estimate of drug-likeness (QED) is 0.490. The number of pyridine rings is 1. The number of nitrogens with zero attached hydrogens (tertiary/aromatic N) is 3. The average Bonchev–Trinajstić information content (AvgIpc) is 3.44. The van der Waals surface area contributed by atoms with Gasteiger partial charge in [0.25, 0.3) is 5.91 Å². The van der Waals surface area contributed by atoms with E-state index in [0.717, 1.165) is 30.8 Å². The summed E-state index contributed by atoms with van der Waals surface area (Å²) in [5.41, 5.74) is 5.51. The minimum absolute atomic E-state index is 0.205. The molecule has 0 aromatic carbocycles. The number of aromatic nitrogens is 5. The van der Waals surface area contributed by atoms with Gasteiger partial charge in [-0.25, -0.2) is 15.0 Å². The molecule has 0 spiro atoms. The third-order valence-electron chi connectivity index (χ3n) is 5.84. The van der Waals surface area contributed by atoms with Crippen molar-refractivity contribution < 1.29 is 9.63 Å². The number of carbonyl (C=O) groups excluding carboxylic acids is 1. The normalized spacial score (nSPS) is 18.8. The standard InChI is InChI=1S/C22H25N7O3/c30-18-9-8-14-19(24-12-25-20(14)28-18)22(31)23-11-13-10-17(32-29-13)21-26-15-6-4-2-1-3-5-7-16(15)27-21/h8-10,12-13,29H,1-7,11H2,(H,23,31)(H,26,27)(H,24,25,28,30). The Hall–Kier alpha value is -3.53. The maximum Gasteiger partial charge on any atom is 0.270 e. The average molecular weight is 435 g/mol. The van der Waals surface area contributed by atoms with E-state index in [4.69, 9.17) is 9.82 Å². The minimum atomic E-state index is -0.356. The van der Waals surface area contributed by atoms with Crippen molar-refractivity contribution in [2.75, 3.05) is 6.54 Å². The number of carbonyl (C=O) groups is 1. The van der Waals surface area contributed by atoms with Crippen molar-refractivity contribution >= 4 is 22.7 Å². The number of hydroxylamine groups is 1. The van der Waals surface area contributed by atoms with Crippen molar-refractivity contribution in [3.05, 3.63) is 57.8 Å². The monoisotopic (exact) mass is 435 g/mol. The van der Waals surface area contributed by atoms with Gasteiger partial charge in [-0.3, -0.25) is 9.59 Å². The second-order valence-corrected chi connectivity index (χ2v) is 8.15. The van der Waals surface area contributed by atoms with Gasteiger partial charge < -0.3 is 20.1 Å². The van der Waals surface area contributed by atoms with E-state index in [0.29, 0.717) is 23.3 Å². The van der Waals surface area contributed by atoms with Crippen molar-refractivity contribution in [3.63, 3.8) is 0 Å². The molecule has 4 heterocycles. The first kappa shape index (κ1) is 20.4. The Kier molecular flexibility index (Phi) is 5.68. The van der Waals surface area contributed by atoms with E-state index in [-0.39, 0.29) is 23.2 Å². The highest BCUT2D eigenvalue weighted by atomic mass is 16.7. The van der Waals surface area contributed by atoms with E-state index in [1.54, 1.807) is 6.07 Å². The Morgan fingerprint density at radius 3 is 2.84 bits per heavy atom. The molecule has 0 bridgehead atoms. The van der Waals surface area contributed by atoms with Gasteiger partial charge in [0.2, 0.25) is 5.56 Å². The van der Waals surface area contributed by atoms with Gasteiger partial charge in [-0.2, -0.15) is 0 Å². The number of aromatic amines is 2. The largest absolute Gasteiger partial charge is 0.404 e. The van der Waals surface area contributed by atoms with Gasteiger partial charge in [0.15, 0.2) is 11.6 Å². The lowest BCUT2D eigenvalue weighted by Gasteiger charge is -2.10. The Labute approximate surface area is 183 Å². The van der Waals surface area contributed by atoms with Crippen LogP contribution in [0.2, 0.25) is 0 Å². The molecule has 0 saturated heterocycles. The molecule has 166 valence electrons. The van der Waals surface area contributed by atoms with Crippen LogP contribution in [0.3, 0.4) is 0 Å². The number of hydrogen-bond donors (Lipinski definition) is 4. The fourth-order valence-electron chi connectivity index (χ4n) is 4.16. The molecule has 0 radical (unpaired) electrons. The van der Waals surface area contributed by atoms with Crippen LogP contribution >= 0.6 is 0 Å². The molecule has 4 N–H and O–H groups in total. The van der Waals surface area contributed by atoms with E-state index in [9.17, 15) is 9.59 Å². The maximum atomic E-state index is 12.7. The number of rotatable bonds is 4. The zero-order chi connectivity index (χ0) is 21.9. The van der Waals surface area contributed by atoms with Gasteiger partial charge in [0.05, 0.1) is 11.7 Å². The van der Waals surface area contributed by atoms with Crippen molar-refractivity contribution in [1.82, 2.24) is 35.7 Å². The van der Waals surface area contributed by atoms with Gasteiger partial charge >= 0.3 is 0 Å². The van der Waals surface area contributed by atoms with Crippen LogP contribution in [-0.2, 0) is 17.7 Å². The molecule has 3 aromatic heterocycles. The number of nitrogens with one attached hydrogen (secondary N) is 4. The van der Waals surface area contributed by atoms with Gasteiger partial charge in [0, 0.05) is 23.7 Å². The minimum Gasteiger partial charge on any atom is -0.404 e. The number of fused-ring (bicyclic) bond motifs is 2. The summed E-state index contributed by atoms with van der Waals surface area (Å²) in [5, 5.41) is 3.34. The van der Waals surface area contributed by atoms with E-state index in [2.05, 4.69) is 30.7 Å². The molecule has 1 aliphatic carbocycles. The predicted molar refractivity (Wildman–Crippen MR) is 118 cm³/mol. The zero-order valence-electron chi connectivity index (χ0n) is 17.6. The Morgan fingerprint density at radius 2 is 1.94 bits per heavy atom. The highest BCUT2D eigenvalue weighted by Gasteiger charge is 2.23. The molecule has 5 rings (SSSR count). The van der Waals surface area contributed by atoms with E-state index < -0.39 is 0 Å². The zero-order valence-corrected chi connectivity index (χ0v) is 17.6. The molecule has 1 atom stereocenters. The van der Waals surface area contributed by atoms with Gasteiger partial charge in [-0.15, -0.1) is 5.48 Å². The van der Waals surface area contributed by atoms with Crippen molar-refractivity contribution in [2.24, 2.45) is 0 Å². The van der Waals surface area contributed by atoms with Crippen LogP contribution in [0.15, 0.2) is 29.3 Å². The lowest BCUT2D eigenvalue weighted by atomic mass is 10.1. The van der Waals surface area contributed by atoms with E-state index in [1.165, 1.54) is 43.8 Å². The summed E-state index contributed by atoms with van der Waals surface area (Å²) in [6, 6.07) is 2.68. The number of aryl methyl sites for hydroxylation is 2. The smallest absolute Gasteiger partial charge is 0.270 e. The number of amides is 1. The Morgan fingerprint density at radius 1 is 1.09 bits per heavy atom. The van der Waals surface area contributed by atoms with Crippen molar-refractivity contribution in [1.29, 1.82) is 0 Å². The molecule has 3 aromatic rings. The Bertz CT molecular complexity index is 1200. The predicted octanol–water partition coefficient (Wildman–Crippen LogP) is 1.76. The molecule has 0 fully saturated rings. The number of imidazole rings is 1. The van der Waals surface area contributed by atoms with Gasteiger partial charge in [0.1, 0.15) is 17.7 Å². The summed E-state index contributed by atoms with van der Waals surface area (Å²) in [5.74, 6) is 1.01. The fourth-order valence-corrected chi connectivity index (χ4v) is 4.16. The third kappa shape index (κ3) is 4.26. The summed E-state index contributed by atoms with van der Waals surface area (Å²) in [7, 11) is 0. The molecular weight excluding hydrogens is 410 g/mol. The Balaban J connectivity index is 1.26. The molecule has 2 aliphatic rings. The first-order valence-corrected chi connectivity index (χ1v) is 11.0. The van der Waals surface area contributed by atoms with E-state index in [1.807, 2.05) is 6.08 Å². The molecule has 1 unspecified atom stereocenters. The first-order chi connectivity index (χ1) is 15.7. The molecule has 1 amide bonds. The summed E-state index contributed by atoms with van der Waals surface area (Å²) in [6.45, 7) is 0.303. The summed E-state index contributed by atoms with van der Waals surface area (Å²) in [6.07, 6.45) is 11.3. The first-order valence-electron chi connectivity index (χ1n) is 11.0. The van der Waals surface area contributed by atoms with Crippen LogP contribution in [0, 0.1) is 0 Å². The van der Waals surface area contributed by atoms with Crippen molar-refractivity contribution in [3.8, 4) is 0 Å². The van der Waals surface area contributed by atoms with Crippen molar-refractivity contribution in [2.45, 2.75) is 51.0 Å². The number of hydrogen-bond acceptors (Lipinski definition) is 7. The summed E-state index contributed by atoms with van der Waals surface area (Å²) >= 11 is 0. The molecule has 10 nitrogen and oxygen atoms in total. The van der Waals surface area contributed by atoms with Crippen LogP contribution < -0.4 is 16.4 Å². The SMILES string of the molecule is O=C(NCC1C=C(c2nc3c([nH]2)CCCCCCC3)ON1)c1ncnc2[nH]c(=O)ccc12. The van der Waals surface area contributed by atoms with E-state index >= 15 is 0 Å². The summed E-state index contributed by atoms with van der Waals surface area (Å²) in [4.78, 5) is 48.7. The van der Waals surface area contributed by atoms with Crippen LogP contribution in [0.25, 0.3) is 16.8 Å². The van der Waals surface area contributed by atoms with Crippen LogP contribution in [0.4, 0.5) is 0 Å². The molecular formula is C22H25N7O3. The lowest BCUT2D eigenvalue weighted by Crippen LogP contribution is -2.37. The maximum absolute atomic E-state index is 12.7. The lowest BCUT2D eigenvalue weighted by molar-refractivity contribution is 0.0937. The molecule has 10 heteroatoms. The van der Waals surface area contributed by atoms with Crippen LogP contribution in [-0.4, -0.2) is 43.4 Å². The van der Waals surface area contributed by atoms with Gasteiger partial charge in [-0.05, 0) is 37.8 Å². The second-order valence-electron chi connectivity index (χ2n) is 8.15. The fraction of sp³-hybridized carbons (Fsp3) is 0.409. The topological polar surface area (TPSA) is 138 Å². The molecule has 32 heavy (non-hydrogen) atoms. The summed E-state index contributed by atoms with van der Waals surface area (Å²) < 4.78 is 0. The third-order valence-corrected chi connectivity index (χ3v) is 5.84. The highest BCUT2D eigenvalue weighted by Crippen LogP contribution is 2.23. The van der Waals surface area contributed by atoms with Crippen LogP contribution in [0.1, 0.15) is 59.8 Å². The van der Waals surface area contributed by atoms with Crippen LogP contribution in [0.5, 0.6) is 0 Å². The molecule has 0 saturated carbocycles. The second kappa shape index (κ2) is 8.91.